The number of nitrogens with zero attached hydrogens (tertiary/aromatic N) is 3. The van der Waals surface area contributed by atoms with Crippen LogP contribution in [-0.4, -0.2) is 45.7 Å². The van der Waals surface area contributed by atoms with Crippen molar-refractivity contribution in [1.29, 1.82) is 5.26 Å². The molecule has 1 aliphatic heterocycles. The highest BCUT2D eigenvalue weighted by Crippen LogP contribution is 2.27. The van der Waals surface area contributed by atoms with Gasteiger partial charge < -0.3 is 10.0 Å². The van der Waals surface area contributed by atoms with Crippen molar-refractivity contribution in [2.75, 3.05) is 12.8 Å². The average Bonchev–Trinajstić information content (AvgIpc) is 3.00. The molecule has 1 fully saturated rings. The number of aliphatic carboxylic acids is 1. The van der Waals surface area contributed by atoms with Gasteiger partial charge in [-0.15, -0.1) is 11.8 Å². The number of nitriles is 1. The van der Waals surface area contributed by atoms with E-state index in [4.69, 9.17) is 0 Å². The summed E-state index contributed by atoms with van der Waals surface area (Å²) in [5, 5.41) is 19.2. The third-order valence-corrected chi connectivity index (χ3v) is 4.92. The van der Waals surface area contributed by atoms with E-state index < -0.39 is 12.0 Å². The molecule has 0 spiro atoms. The first-order valence-electron chi connectivity index (χ1n) is 7.37. The third kappa shape index (κ3) is 3.32. The van der Waals surface area contributed by atoms with Crippen molar-refractivity contribution in [1.82, 2.24) is 9.88 Å². The highest BCUT2D eigenvalue weighted by atomic mass is 32.2. The molecule has 0 aliphatic carbocycles. The number of thioether (sulfide) groups is 1. The van der Waals surface area contributed by atoms with E-state index in [1.807, 2.05) is 20.1 Å². The van der Waals surface area contributed by atoms with Gasteiger partial charge in [0.25, 0.3) is 0 Å². The molecule has 0 bridgehead atoms. The number of pyridine rings is 1. The molecule has 1 amide bonds. The number of carbonyl (C=O) groups is 2. The van der Waals surface area contributed by atoms with Gasteiger partial charge in [0.2, 0.25) is 5.91 Å². The summed E-state index contributed by atoms with van der Waals surface area (Å²) < 4.78 is 0. The van der Waals surface area contributed by atoms with Crippen molar-refractivity contribution in [2.24, 2.45) is 0 Å². The molecular weight excluding hydrogens is 314 g/mol. The summed E-state index contributed by atoms with van der Waals surface area (Å²) >= 11 is 1.40. The van der Waals surface area contributed by atoms with Crippen molar-refractivity contribution >= 4 is 23.6 Å². The van der Waals surface area contributed by atoms with E-state index in [9.17, 15) is 20.0 Å². The molecule has 0 saturated carbocycles. The first-order chi connectivity index (χ1) is 10.9. The molecule has 6 nitrogen and oxygen atoms in total. The number of likely N-dealkylation sites (tertiary alicyclic amines) is 1. The molecule has 0 radical (unpaired) electrons. The fourth-order valence-electron chi connectivity index (χ4n) is 2.97. The second-order valence-corrected chi connectivity index (χ2v) is 6.35. The van der Waals surface area contributed by atoms with Crippen LogP contribution in [-0.2, 0) is 16.0 Å². The Bertz CT molecular complexity index is 697. The molecule has 7 heteroatoms. The Hall–Kier alpha value is -2.07. The maximum Gasteiger partial charge on any atom is 0.326 e. The maximum atomic E-state index is 12.5. The minimum absolute atomic E-state index is 0.0811. The fourth-order valence-corrected chi connectivity index (χ4v) is 3.60. The highest BCUT2D eigenvalue weighted by Gasteiger charge is 2.34. The number of carboxylic acid groups (broad SMARTS) is 1. The van der Waals surface area contributed by atoms with Gasteiger partial charge in [0.1, 0.15) is 17.1 Å². The van der Waals surface area contributed by atoms with Gasteiger partial charge in [-0.1, -0.05) is 0 Å². The summed E-state index contributed by atoms with van der Waals surface area (Å²) in [7, 11) is 0. The third-order valence-electron chi connectivity index (χ3n) is 4.24. The molecular formula is C16H19N3O3S. The molecule has 1 saturated heterocycles. The fraction of sp³-hybridized carbons (Fsp3) is 0.500. The lowest BCUT2D eigenvalue weighted by molar-refractivity contribution is -0.148. The Morgan fingerprint density at radius 3 is 2.74 bits per heavy atom. The van der Waals surface area contributed by atoms with Gasteiger partial charge in [-0.25, -0.2) is 9.78 Å². The van der Waals surface area contributed by atoms with E-state index in [1.165, 1.54) is 16.7 Å². The number of rotatable bonds is 4. The SMILES string of the molecule is CSc1nc(C)c(CC(=O)N2CCCC2C(=O)O)c(C)c1C#N. The molecule has 2 rings (SSSR count). The highest BCUT2D eigenvalue weighted by molar-refractivity contribution is 7.98. The summed E-state index contributed by atoms with van der Waals surface area (Å²) in [6.45, 7) is 4.10. The minimum atomic E-state index is -0.960. The number of carbonyl (C=O) groups excluding carboxylic acids is 1. The van der Waals surface area contributed by atoms with Gasteiger partial charge in [0.15, 0.2) is 0 Å². The summed E-state index contributed by atoms with van der Waals surface area (Å²) in [5.74, 6) is -1.18. The second-order valence-electron chi connectivity index (χ2n) is 5.56. The number of carboxylic acids is 1. The summed E-state index contributed by atoms with van der Waals surface area (Å²) in [6, 6.07) is 1.41. The van der Waals surface area contributed by atoms with E-state index in [-0.39, 0.29) is 12.3 Å². The van der Waals surface area contributed by atoms with Crippen molar-refractivity contribution in [3.8, 4) is 6.07 Å². The first kappa shape index (κ1) is 17.3. The van der Waals surface area contributed by atoms with E-state index in [0.717, 1.165) is 11.1 Å². The molecule has 23 heavy (non-hydrogen) atoms. The Labute approximate surface area is 139 Å². The number of hydrogen-bond acceptors (Lipinski definition) is 5. The summed E-state index contributed by atoms with van der Waals surface area (Å²) in [5.41, 5.74) is 2.68. The summed E-state index contributed by atoms with van der Waals surface area (Å²) in [6.07, 6.45) is 3.13. The molecule has 1 N–H and O–H groups in total. The molecule has 1 aromatic rings. The zero-order chi connectivity index (χ0) is 17.1. The zero-order valence-corrected chi connectivity index (χ0v) is 14.2. The molecule has 1 aromatic heterocycles. The Morgan fingerprint density at radius 1 is 1.48 bits per heavy atom. The first-order valence-corrected chi connectivity index (χ1v) is 8.59. The van der Waals surface area contributed by atoms with Crippen LogP contribution in [0.15, 0.2) is 5.03 Å². The smallest absolute Gasteiger partial charge is 0.326 e. The normalized spacial score (nSPS) is 17.1. The van der Waals surface area contributed by atoms with Crippen LogP contribution in [0, 0.1) is 25.2 Å². The van der Waals surface area contributed by atoms with E-state index in [1.54, 1.807) is 0 Å². The standard InChI is InChI=1S/C16H19N3O3S/c1-9-11(10(2)18-15(23-3)12(9)8-17)7-14(20)19-6-4-5-13(19)16(21)22/h13H,4-7H2,1-3H3,(H,21,22). The van der Waals surface area contributed by atoms with Crippen LogP contribution in [0.3, 0.4) is 0 Å². The van der Waals surface area contributed by atoms with Gasteiger partial charge in [-0.2, -0.15) is 5.26 Å². The van der Waals surface area contributed by atoms with Crippen molar-refractivity contribution in [3.05, 3.63) is 22.4 Å². The van der Waals surface area contributed by atoms with Crippen LogP contribution in [0.4, 0.5) is 0 Å². The molecule has 1 unspecified atom stereocenters. The number of aromatic nitrogens is 1. The van der Waals surface area contributed by atoms with Gasteiger partial charge in [0, 0.05) is 12.2 Å². The van der Waals surface area contributed by atoms with Gasteiger partial charge in [0.05, 0.1) is 12.0 Å². The molecule has 2 heterocycles. The van der Waals surface area contributed by atoms with Crippen LogP contribution in [0.1, 0.15) is 35.2 Å². The minimum Gasteiger partial charge on any atom is -0.480 e. The maximum absolute atomic E-state index is 12.5. The van der Waals surface area contributed by atoms with Gasteiger partial charge in [-0.3, -0.25) is 4.79 Å². The van der Waals surface area contributed by atoms with Crippen molar-refractivity contribution < 1.29 is 14.7 Å². The summed E-state index contributed by atoms with van der Waals surface area (Å²) in [4.78, 5) is 29.6. The Balaban J connectivity index is 2.32. The average molecular weight is 333 g/mol. The van der Waals surface area contributed by atoms with Gasteiger partial charge in [-0.05, 0) is 44.1 Å². The lowest BCUT2D eigenvalue weighted by atomic mass is 10.00. The Morgan fingerprint density at radius 2 is 2.17 bits per heavy atom. The topological polar surface area (TPSA) is 94.3 Å². The van der Waals surface area contributed by atoms with Gasteiger partial charge >= 0.3 is 5.97 Å². The van der Waals surface area contributed by atoms with Crippen LogP contribution >= 0.6 is 11.8 Å². The van der Waals surface area contributed by atoms with Crippen LogP contribution in [0.2, 0.25) is 0 Å². The Kier molecular flexibility index (Phi) is 5.26. The quantitative estimate of drug-likeness (QED) is 0.846. The van der Waals surface area contributed by atoms with E-state index >= 15 is 0 Å². The van der Waals surface area contributed by atoms with Crippen molar-refractivity contribution in [3.63, 3.8) is 0 Å². The van der Waals surface area contributed by atoms with E-state index in [0.29, 0.717) is 35.7 Å². The van der Waals surface area contributed by atoms with Crippen LogP contribution in [0.5, 0.6) is 0 Å². The van der Waals surface area contributed by atoms with Crippen LogP contribution < -0.4 is 0 Å². The number of amides is 1. The second kappa shape index (κ2) is 7.01. The predicted octanol–water partition coefficient (Wildman–Crippen LogP) is 1.91. The predicted molar refractivity (Wildman–Crippen MR) is 86.3 cm³/mol. The van der Waals surface area contributed by atoms with Crippen LogP contribution in [0.25, 0.3) is 0 Å². The molecule has 1 atom stereocenters. The van der Waals surface area contributed by atoms with Crippen molar-refractivity contribution in [2.45, 2.75) is 44.2 Å². The monoisotopic (exact) mass is 333 g/mol. The lowest BCUT2D eigenvalue weighted by Gasteiger charge is -2.22. The largest absolute Gasteiger partial charge is 0.480 e. The number of hydrogen-bond donors (Lipinski definition) is 1. The molecule has 0 aromatic carbocycles. The lowest BCUT2D eigenvalue weighted by Crippen LogP contribution is -2.41. The van der Waals surface area contributed by atoms with E-state index in [2.05, 4.69) is 11.1 Å². The molecule has 1 aliphatic rings. The zero-order valence-electron chi connectivity index (χ0n) is 13.4. The number of aryl methyl sites for hydroxylation is 1. The molecule has 122 valence electrons.